The lowest BCUT2D eigenvalue weighted by Crippen LogP contribution is -2.52. The Hall–Kier alpha value is -2.95. The van der Waals surface area contributed by atoms with E-state index in [-0.39, 0.29) is 17.4 Å². The molecule has 0 heterocycles. The van der Waals surface area contributed by atoms with Crippen molar-refractivity contribution < 1.29 is 26.7 Å². The molecule has 0 radical (unpaired) electrons. The molecule has 0 saturated heterocycles. The molecule has 1 amide bonds. The zero-order valence-corrected chi connectivity index (χ0v) is 26.3. The molecule has 43 heavy (non-hydrogen) atoms. The molecule has 6 nitrogen and oxygen atoms in total. The number of hydrogen-bond donors (Lipinski definition) is 1. The van der Waals surface area contributed by atoms with Gasteiger partial charge in [-0.3, -0.25) is 10.1 Å². The Morgan fingerprint density at radius 1 is 1.05 bits per heavy atom. The maximum atomic E-state index is 16.4. The van der Waals surface area contributed by atoms with Crippen LogP contribution in [0.3, 0.4) is 0 Å². The number of amides is 1. The van der Waals surface area contributed by atoms with E-state index in [1.165, 1.54) is 29.2 Å². The summed E-state index contributed by atoms with van der Waals surface area (Å²) in [6.07, 6.45) is 2.92. The quantitative estimate of drug-likeness (QED) is 0.211. The summed E-state index contributed by atoms with van der Waals surface area (Å²) in [5.74, 6) is -0.542. The highest BCUT2D eigenvalue weighted by molar-refractivity contribution is 7.93. The van der Waals surface area contributed by atoms with Gasteiger partial charge in [-0.15, -0.1) is 0 Å². The summed E-state index contributed by atoms with van der Waals surface area (Å²) in [6, 6.07) is 14.5. The summed E-state index contributed by atoms with van der Waals surface area (Å²) in [5.41, 5.74) is 0.978. The standard InChI is InChI=1S/C31H29Cl3F2N2O4S/c1-20(37-29-19-25(35)12-13-31(29,36)43(40,41)26-10-8-22(32)9-11-26)27-6-3-4-7-28(27)42-15-5-14-38(2)30(39)21-16-23(33)18-24(34)17-21/h3-4,6-13,16-20,29,37H,5,14-15H2,1-2H3. The van der Waals surface area contributed by atoms with Crippen molar-refractivity contribution in [3.05, 3.63) is 117 Å². The minimum atomic E-state index is -4.61. The van der Waals surface area contributed by atoms with Crippen LogP contribution in [0.1, 0.15) is 35.3 Å². The number of alkyl halides is 1. The van der Waals surface area contributed by atoms with Gasteiger partial charge in [-0.05, 0) is 80.1 Å². The molecular weight excluding hydrogens is 641 g/mol. The normalized spacial score (nSPS) is 19.0. The second-order valence-corrected chi connectivity index (χ2v) is 13.4. The van der Waals surface area contributed by atoms with Gasteiger partial charge in [0.2, 0.25) is 9.84 Å². The first-order chi connectivity index (χ1) is 20.3. The summed E-state index contributed by atoms with van der Waals surface area (Å²) in [5, 5.41) is 0.970. The Labute approximate surface area is 264 Å². The maximum Gasteiger partial charge on any atom is 0.253 e. The van der Waals surface area contributed by atoms with E-state index in [9.17, 15) is 17.6 Å². The number of benzene rings is 3. The molecule has 0 saturated carbocycles. The lowest BCUT2D eigenvalue weighted by atomic mass is 10.0. The van der Waals surface area contributed by atoms with Crippen LogP contribution in [-0.2, 0) is 9.84 Å². The van der Waals surface area contributed by atoms with Crippen molar-refractivity contribution in [3.8, 4) is 5.75 Å². The van der Waals surface area contributed by atoms with Crippen LogP contribution in [0.25, 0.3) is 0 Å². The first-order valence-electron chi connectivity index (χ1n) is 13.3. The van der Waals surface area contributed by atoms with Gasteiger partial charge in [-0.2, -0.15) is 0 Å². The summed E-state index contributed by atoms with van der Waals surface area (Å²) in [6.45, 7) is 2.32. The maximum absolute atomic E-state index is 16.4. The van der Waals surface area contributed by atoms with Crippen LogP contribution in [0.15, 0.2) is 95.7 Å². The summed E-state index contributed by atoms with van der Waals surface area (Å²) in [7, 11) is -2.95. The number of ether oxygens (including phenoxy) is 1. The van der Waals surface area contributed by atoms with Crippen LogP contribution in [0.2, 0.25) is 15.1 Å². The molecule has 12 heteroatoms. The Morgan fingerprint density at radius 3 is 2.37 bits per heavy atom. The van der Waals surface area contributed by atoms with Crippen molar-refractivity contribution in [2.24, 2.45) is 0 Å². The van der Waals surface area contributed by atoms with E-state index in [1.54, 1.807) is 56.4 Å². The summed E-state index contributed by atoms with van der Waals surface area (Å²) >= 11 is 17.9. The van der Waals surface area contributed by atoms with Crippen molar-refractivity contribution in [1.82, 2.24) is 10.2 Å². The second-order valence-electron chi connectivity index (χ2n) is 10.0. The molecule has 0 fully saturated rings. The minimum absolute atomic E-state index is 0.243. The van der Waals surface area contributed by atoms with Gasteiger partial charge in [-0.25, -0.2) is 17.2 Å². The number of rotatable bonds is 11. The molecule has 0 aromatic heterocycles. The van der Waals surface area contributed by atoms with Gasteiger partial charge in [0.05, 0.1) is 17.5 Å². The van der Waals surface area contributed by atoms with E-state index in [2.05, 4.69) is 5.32 Å². The fourth-order valence-corrected chi connectivity index (χ4v) is 6.88. The number of para-hydroxylation sites is 1. The molecule has 0 spiro atoms. The third kappa shape index (κ3) is 7.59. The average Bonchev–Trinajstić information content (AvgIpc) is 2.96. The first-order valence-corrected chi connectivity index (χ1v) is 15.9. The van der Waals surface area contributed by atoms with Gasteiger partial charge in [0, 0.05) is 45.8 Å². The van der Waals surface area contributed by atoms with Crippen molar-refractivity contribution in [2.45, 2.75) is 35.3 Å². The van der Waals surface area contributed by atoms with E-state index in [4.69, 9.17) is 39.5 Å². The van der Waals surface area contributed by atoms with Gasteiger partial charge < -0.3 is 9.64 Å². The third-order valence-corrected chi connectivity index (χ3v) is 9.72. The number of sulfone groups is 1. The van der Waals surface area contributed by atoms with Gasteiger partial charge in [0.1, 0.15) is 11.6 Å². The fraction of sp³-hybridized carbons (Fsp3) is 0.258. The van der Waals surface area contributed by atoms with Gasteiger partial charge >= 0.3 is 0 Å². The SMILES string of the molecule is CC(NC1C=C(F)C=CC1(F)S(=O)(=O)c1ccc(Cl)cc1)c1ccccc1OCCCN(C)C(=O)c1cc(Cl)cc(Cl)c1. The monoisotopic (exact) mass is 668 g/mol. The van der Waals surface area contributed by atoms with Crippen molar-refractivity contribution in [3.63, 3.8) is 0 Å². The van der Waals surface area contributed by atoms with E-state index in [1.807, 2.05) is 0 Å². The topological polar surface area (TPSA) is 75.7 Å². The molecule has 228 valence electrons. The van der Waals surface area contributed by atoms with E-state index < -0.39 is 32.7 Å². The number of halogens is 5. The number of hydrogen-bond acceptors (Lipinski definition) is 5. The minimum Gasteiger partial charge on any atom is -0.493 e. The number of nitrogens with one attached hydrogen (secondary N) is 1. The van der Waals surface area contributed by atoms with Gasteiger partial charge in [-0.1, -0.05) is 53.0 Å². The van der Waals surface area contributed by atoms with E-state index in [0.29, 0.717) is 51.0 Å². The van der Waals surface area contributed by atoms with Gasteiger partial charge in [0.15, 0.2) is 0 Å². The summed E-state index contributed by atoms with van der Waals surface area (Å²) in [4.78, 5) is 14.0. The van der Waals surface area contributed by atoms with E-state index >= 15 is 4.39 Å². The summed E-state index contributed by atoms with van der Waals surface area (Å²) < 4.78 is 63.6. The molecule has 3 unspecified atom stereocenters. The highest BCUT2D eigenvalue weighted by Gasteiger charge is 2.51. The average molecular weight is 670 g/mol. The van der Waals surface area contributed by atoms with Crippen LogP contribution < -0.4 is 10.1 Å². The molecule has 1 aliphatic carbocycles. The fourth-order valence-electron chi connectivity index (χ4n) is 4.65. The second kappa shape index (κ2) is 13.8. The predicted octanol–water partition coefficient (Wildman–Crippen LogP) is 7.77. The Balaban J connectivity index is 1.44. The van der Waals surface area contributed by atoms with Crippen LogP contribution in [0.4, 0.5) is 8.78 Å². The lowest BCUT2D eigenvalue weighted by molar-refractivity contribution is 0.0787. The highest BCUT2D eigenvalue weighted by atomic mass is 35.5. The molecule has 4 rings (SSSR count). The molecular formula is C31H29Cl3F2N2O4S. The molecule has 3 aromatic carbocycles. The van der Waals surface area contributed by atoms with Crippen molar-refractivity contribution in [1.29, 1.82) is 0 Å². The number of carbonyl (C=O) groups excluding carboxylic acids is 1. The Kier molecular flexibility index (Phi) is 10.6. The molecule has 0 bridgehead atoms. The Bertz CT molecular complexity index is 1630. The van der Waals surface area contributed by atoms with Crippen LogP contribution in [-0.4, -0.2) is 50.5 Å². The van der Waals surface area contributed by atoms with Crippen LogP contribution in [0.5, 0.6) is 5.75 Å². The van der Waals surface area contributed by atoms with Gasteiger partial charge in [0.25, 0.3) is 10.9 Å². The molecule has 0 aliphatic heterocycles. The largest absolute Gasteiger partial charge is 0.493 e. The highest BCUT2D eigenvalue weighted by Crippen LogP contribution is 2.38. The molecule has 3 atom stereocenters. The van der Waals surface area contributed by atoms with E-state index in [0.717, 1.165) is 12.2 Å². The molecule has 1 aliphatic rings. The lowest BCUT2D eigenvalue weighted by Gasteiger charge is -2.34. The van der Waals surface area contributed by atoms with Crippen molar-refractivity contribution >= 4 is 50.5 Å². The number of allylic oxidation sites excluding steroid dienone is 2. The Morgan fingerprint density at radius 2 is 1.70 bits per heavy atom. The van der Waals surface area contributed by atoms with Crippen LogP contribution >= 0.6 is 34.8 Å². The zero-order valence-electron chi connectivity index (χ0n) is 23.2. The zero-order chi connectivity index (χ0) is 31.4. The third-order valence-electron chi connectivity index (χ3n) is 6.92. The number of nitrogens with zero attached hydrogens (tertiary/aromatic N) is 1. The first kappa shape index (κ1) is 33.0. The molecule has 1 N–H and O–H groups in total. The smallest absolute Gasteiger partial charge is 0.253 e. The van der Waals surface area contributed by atoms with Crippen molar-refractivity contribution in [2.75, 3.05) is 20.2 Å². The molecule has 3 aromatic rings. The number of carbonyl (C=O) groups is 1. The van der Waals surface area contributed by atoms with Crippen LogP contribution in [0, 0.1) is 0 Å². The predicted molar refractivity (Wildman–Crippen MR) is 166 cm³/mol.